The van der Waals surface area contributed by atoms with Crippen LogP contribution in [0, 0.1) is 0 Å². The smallest absolute Gasteiger partial charge is 0.0954 e. The molecule has 0 aliphatic carbocycles. The van der Waals surface area contributed by atoms with Crippen LogP contribution in [0.15, 0.2) is 97.6 Å². The van der Waals surface area contributed by atoms with Gasteiger partial charge in [-0.3, -0.25) is 0 Å². The van der Waals surface area contributed by atoms with E-state index in [-0.39, 0.29) is 6.04 Å². The molecule has 1 aromatic heterocycles. The first-order chi connectivity index (χ1) is 12.3. The highest BCUT2D eigenvalue weighted by atomic mass is 35.5. The topological polar surface area (TPSA) is 17.8 Å². The molecule has 122 valence electrons. The molecule has 3 aromatic carbocycles. The van der Waals surface area contributed by atoms with Gasteiger partial charge in [-0.05, 0) is 34.4 Å². The van der Waals surface area contributed by atoms with Crippen molar-refractivity contribution in [1.29, 1.82) is 0 Å². The standard InChI is InChI=1S/C22H17ClN2/c23-21-12-10-18(11-13-21)17-6-8-20(9-7-17)22(25-15-14-24-16-25)19-4-2-1-3-5-19/h1-16,22H. The Balaban J connectivity index is 1.72. The number of halogens is 1. The van der Waals surface area contributed by atoms with Gasteiger partial charge in [0.25, 0.3) is 0 Å². The van der Waals surface area contributed by atoms with Crippen molar-refractivity contribution >= 4 is 11.6 Å². The summed E-state index contributed by atoms with van der Waals surface area (Å²) in [5.74, 6) is 0. The molecule has 2 nitrogen and oxygen atoms in total. The second kappa shape index (κ2) is 6.96. The van der Waals surface area contributed by atoms with Crippen molar-refractivity contribution in [2.75, 3.05) is 0 Å². The van der Waals surface area contributed by atoms with Gasteiger partial charge in [-0.15, -0.1) is 0 Å². The van der Waals surface area contributed by atoms with Crippen LogP contribution < -0.4 is 0 Å². The molecule has 1 atom stereocenters. The van der Waals surface area contributed by atoms with Crippen molar-refractivity contribution in [2.24, 2.45) is 0 Å². The van der Waals surface area contributed by atoms with Crippen LogP contribution in [-0.4, -0.2) is 9.55 Å². The maximum atomic E-state index is 5.98. The third-order valence-electron chi connectivity index (χ3n) is 4.34. The van der Waals surface area contributed by atoms with E-state index < -0.39 is 0 Å². The van der Waals surface area contributed by atoms with E-state index in [1.165, 1.54) is 16.7 Å². The molecule has 3 heteroatoms. The van der Waals surface area contributed by atoms with Gasteiger partial charge in [0.1, 0.15) is 0 Å². The van der Waals surface area contributed by atoms with Crippen molar-refractivity contribution in [2.45, 2.75) is 6.04 Å². The van der Waals surface area contributed by atoms with Crippen LogP contribution in [0.4, 0.5) is 0 Å². The predicted octanol–water partition coefficient (Wildman–Crippen LogP) is 5.84. The molecule has 0 bridgehead atoms. The summed E-state index contributed by atoms with van der Waals surface area (Å²) >= 11 is 5.98. The number of aromatic nitrogens is 2. The number of imidazole rings is 1. The van der Waals surface area contributed by atoms with E-state index in [0.29, 0.717) is 0 Å². The summed E-state index contributed by atoms with van der Waals surface area (Å²) in [4.78, 5) is 4.22. The number of benzene rings is 3. The summed E-state index contributed by atoms with van der Waals surface area (Å²) in [6.45, 7) is 0. The van der Waals surface area contributed by atoms with Crippen molar-refractivity contribution < 1.29 is 0 Å². The Morgan fingerprint density at radius 1 is 0.720 bits per heavy atom. The van der Waals surface area contributed by atoms with Crippen LogP contribution in [0.2, 0.25) is 5.02 Å². The normalized spacial score (nSPS) is 12.0. The zero-order chi connectivity index (χ0) is 17.1. The van der Waals surface area contributed by atoms with Gasteiger partial charge in [0, 0.05) is 17.4 Å². The first kappa shape index (κ1) is 15.7. The summed E-state index contributed by atoms with van der Waals surface area (Å²) in [5.41, 5.74) is 4.80. The molecule has 0 aliphatic rings. The number of rotatable bonds is 4. The maximum absolute atomic E-state index is 5.98. The van der Waals surface area contributed by atoms with Gasteiger partial charge < -0.3 is 4.57 Å². The SMILES string of the molecule is Clc1ccc(-c2ccc(C(c3ccccc3)n3ccnc3)cc2)cc1. The lowest BCUT2D eigenvalue weighted by Gasteiger charge is -2.20. The van der Waals surface area contributed by atoms with Crippen LogP contribution in [0.3, 0.4) is 0 Å². The monoisotopic (exact) mass is 344 g/mol. The zero-order valence-corrected chi connectivity index (χ0v) is 14.3. The molecular weight excluding hydrogens is 328 g/mol. The molecule has 0 fully saturated rings. The molecule has 4 rings (SSSR count). The second-order valence-electron chi connectivity index (χ2n) is 5.95. The lowest BCUT2D eigenvalue weighted by Crippen LogP contribution is -2.10. The van der Waals surface area contributed by atoms with E-state index in [0.717, 1.165) is 10.6 Å². The summed E-state index contributed by atoms with van der Waals surface area (Å²) in [6, 6.07) is 27.2. The van der Waals surface area contributed by atoms with Gasteiger partial charge >= 0.3 is 0 Å². The minimum atomic E-state index is 0.114. The Hall–Kier alpha value is -2.84. The predicted molar refractivity (Wildman–Crippen MR) is 103 cm³/mol. The first-order valence-corrected chi connectivity index (χ1v) is 8.57. The molecule has 4 aromatic rings. The second-order valence-corrected chi connectivity index (χ2v) is 6.39. The zero-order valence-electron chi connectivity index (χ0n) is 13.6. The Morgan fingerprint density at radius 3 is 1.92 bits per heavy atom. The quantitative estimate of drug-likeness (QED) is 0.454. The Bertz CT molecular complexity index is 928. The fourth-order valence-electron chi connectivity index (χ4n) is 3.09. The van der Waals surface area contributed by atoms with Crippen molar-refractivity contribution in [1.82, 2.24) is 9.55 Å². The fraction of sp³-hybridized carbons (Fsp3) is 0.0455. The lowest BCUT2D eigenvalue weighted by molar-refractivity contribution is 0.677. The molecule has 1 unspecified atom stereocenters. The molecule has 0 saturated carbocycles. The average molecular weight is 345 g/mol. The molecule has 0 amide bonds. The number of nitrogens with zero attached hydrogens (tertiary/aromatic N) is 2. The molecule has 0 saturated heterocycles. The molecule has 1 heterocycles. The van der Waals surface area contributed by atoms with Crippen molar-refractivity contribution in [3.63, 3.8) is 0 Å². The van der Waals surface area contributed by atoms with Gasteiger partial charge in [0.2, 0.25) is 0 Å². The third kappa shape index (κ3) is 3.35. The Morgan fingerprint density at radius 2 is 1.32 bits per heavy atom. The largest absolute Gasteiger partial charge is 0.326 e. The van der Waals surface area contributed by atoms with E-state index in [1.807, 2.05) is 49.1 Å². The van der Waals surface area contributed by atoms with Crippen LogP contribution in [0.1, 0.15) is 17.2 Å². The van der Waals surface area contributed by atoms with Gasteiger partial charge in [-0.2, -0.15) is 0 Å². The molecule has 0 spiro atoms. The van der Waals surface area contributed by atoms with Crippen molar-refractivity contribution in [3.05, 3.63) is 114 Å². The average Bonchev–Trinajstić information content (AvgIpc) is 3.18. The van der Waals surface area contributed by atoms with Crippen molar-refractivity contribution in [3.8, 4) is 11.1 Å². The van der Waals surface area contributed by atoms with Gasteiger partial charge in [0.15, 0.2) is 0 Å². The minimum Gasteiger partial charge on any atom is -0.326 e. The molecule has 0 aliphatic heterocycles. The third-order valence-corrected chi connectivity index (χ3v) is 4.59. The van der Waals surface area contributed by atoms with E-state index in [2.05, 4.69) is 58.1 Å². The van der Waals surface area contributed by atoms with E-state index in [9.17, 15) is 0 Å². The van der Waals surface area contributed by atoms with E-state index in [4.69, 9.17) is 11.6 Å². The molecule has 0 N–H and O–H groups in total. The highest BCUT2D eigenvalue weighted by Gasteiger charge is 2.15. The summed E-state index contributed by atoms with van der Waals surface area (Å²) in [7, 11) is 0. The summed E-state index contributed by atoms with van der Waals surface area (Å²) in [5, 5.41) is 0.754. The molecule has 25 heavy (non-hydrogen) atoms. The lowest BCUT2D eigenvalue weighted by atomic mass is 9.96. The van der Waals surface area contributed by atoms with E-state index >= 15 is 0 Å². The van der Waals surface area contributed by atoms with E-state index in [1.54, 1.807) is 0 Å². The highest BCUT2D eigenvalue weighted by molar-refractivity contribution is 6.30. The van der Waals surface area contributed by atoms with Crippen LogP contribution >= 0.6 is 11.6 Å². The van der Waals surface area contributed by atoms with Gasteiger partial charge in [-0.1, -0.05) is 78.3 Å². The fourth-order valence-corrected chi connectivity index (χ4v) is 3.22. The highest BCUT2D eigenvalue weighted by Crippen LogP contribution is 2.29. The summed E-state index contributed by atoms with van der Waals surface area (Å²) < 4.78 is 2.13. The van der Waals surface area contributed by atoms with Crippen LogP contribution in [0.25, 0.3) is 11.1 Å². The van der Waals surface area contributed by atoms with Crippen LogP contribution in [-0.2, 0) is 0 Å². The number of hydrogen-bond donors (Lipinski definition) is 0. The number of hydrogen-bond acceptors (Lipinski definition) is 1. The summed E-state index contributed by atoms with van der Waals surface area (Å²) in [6.07, 6.45) is 5.69. The molecule has 0 radical (unpaired) electrons. The molecular formula is C22H17ClN2. The Kier molecular flexibility index (Phi) is 4.36. The van der Waals surface area contributed by atoms with Crippen LogP contribution in [0.5, 0.6) is 0 Å². The minimum absolute atomic E-state index is 0.114. The van der Waals surface area contributed by atoms with Gasteiger partial charge in [-0.25, -0.2) is 4.98 Å². The first-order valence-electron chi connectivity index (χ1n) is 8.19. The maximum Gasteiger partial charge on any atom is 0.0954 e. The van der Waals surface area contributed by atoms with Gasteiger partial charge in [0.05, 0.1) is 12.4 Å². The Labute approximate surface area is 152 Å².